The van der Waals surface area contributed by atoms with Crippen molar-refractivity contribution in [3.63, 3.8) is 0 Å². The Bertz CT molecular complexity index is 564. The fraction of sp³-hybridized carbons (Fsp3) is 0.250. The van der Waals surface area contributed by atoms with Gasteiger partial charge >= 0.3 is 5.97 Å². The molecule has 0 aliphatic carbocycles. The zero-order valence-electron chi connectivity index (χ0n) is 10.4. The van der Waals surface area contributed by atoms with Gasteiger partial charge in [0, 0.05) is 6.07 Å². The van der Waals surface area contributed by atoms with Crippen LogP contribution in [0.3, 0.4) is 0 Å². The van der Waals surface area contributed by atoms with Crippen LogP contribution in [-0.4, -0.2) is 24.1 Å². The van der Waals surface area contributed by atoms with Gasteiger partial charge in [0.25, 0.3) is 5.69 Å². The maximum absolute atomic E-state index is 10.9. The number of carbonyl (C=O) groups is 1. The molecular formula is C12H13NO4Si. The van der Waals surface area contributed by atoms with E-state index in [0.29, 0.717) is 0 Å². The van der Waals surface area contributed by atoms with Gasteiger partial charge in [-0.1, -0.05) is 25.6 Å². The van der Waals surface area contributed by atoms with Crippen molar-refractivity contribution in [2.45, 2.75) is 19.6 Å². The molecule has 1 rings (SSSR count). The van der Waals surface area contributed by atoms with Crippen molar-refractivity contribution in [1.82, 2.24) is 0 Å². The predicted octanol–water partition coefficient (Wildman–Crippen LogP) is 2.52. The fourth-order valence-electron chi connectivity index (χ4n) is 1.18. The first kappa shape index (κ1) is 13.9. The Labute approximate surface area is 106 Å². The Balaban J connectivity index is 3.32. The second kappa shape index (κ2) is 5.02. The van der Waals surface area contributed by atoms with E-state index in [1.165, 1.54) is 12.1 Å². The first-order chi connectivity index (χ1) is 8.20. The van der Waals surface area contributed by atoms with Crippen molar-refractivity contribution in [1.29, 1.82) is 0 Å². The second-order valence-corrected chi connectivity index (χ2v) is 9.54. The summed E-state index contributed by atoms with van der Waals surface area (Å²) in [7, 11) is -1.63. The minimum atomic E-state index is -1.63. The van der Waals surface area contributed by atoms with Gasteiger partial charge in [-0.3, -0.25) is 10.1 Å². The third-order valence-electron chi connectivity index (χ3n) is 2.01. The molecule has 0 spiro atoms. The lowest BCUT2D eigenvalue weighted by Crippen LogP contribution is -2.16. The molecule has 0 aliphatic rings. The summed E-state index contributed by atoms with van der Waals surface area (Å²) in [6, 6.07) is 3.74. The Morgan fingerprint density at radius 2 is 2.00 bits per heavy atom. The highest BCUT2D eigenvalue weighted by molar-refractivity contribution is 6.83. The molecule has 0 heterocycles. The van der Waals surface area contributed by atoms with E-state index in [0.717, 1.165) is 6.07 Å². The normalized spacial score (nSPS) is 10.4. The zero-order valence-corrected chi connectivity index (χ0v) is 11.4. The lowest BCUT2D eigenvalue weighted by Gasteiger charge is -2.03. The van der Waals surface area contributed by atoms with Gasteiger partial charge in [-0.25, -0.2) is 4.79 Å². The highest BCUT2D eigenvalue weighted by Gasteiger charge is 2.16. The van der Waals surface area contributed by atoms with E-state index >= 15 is 0 Å². The van der Waals surface area contributed by atoms with Gasteiger partial charge in [-0.15, -0.1) is 5.54 Å². The highest BCUT2D eigenvalue weighted by atomic mass is 28.3. The van der Waals surface area contributed by atoms with Crippen LogP contribution in [0.2, 0.25) is 19.6 Å². The zero-order chi connectivity index (χ0) is 13.9. The number of nitro groups is 1. The molecule has 0 saturated heterocycles. The summed E-state index contributed by atoms with van der Waals surface area (Å²) in [5, 5.41) is 19.7. The summed E-state index contributed by atoms with van der Waals surface area (Å²) < 4.78 is 0. The molecule has 0 amide bonds. The Kier molecular flexibility index (Phi) is 3.88. The first-order valence-electron chi connectivity index (χ1n) is 5.25. The summed E-state index contributed by atoms with van der Waals surface area (Å²) >= 11 is 0. The van der Waals surface area contributed by atoms with E-state index in [1.54, 1.807) is 0 Å². The molecule has 1 N–H and O–H groups in total. The Morgan fingerprint density at radius 1 is 1.39 bits per heavy atom. The quantitative estimate of drug-likeness (QED) is 0.385. The van der Waals surface area contributed by atoms with Gasteiger partial charge in [-0.2, -0.15) is 0 Å². The fourth-order valence-corrected chi connectivity index (χ4v) is 1.69. The number of nitrogens with zero attached hydrogens (tertiary/aromatic N) is 1. The first-order valence-corrected chi connectivity index (χ1v) is 8.75. The number of aromatic carboxylic acids is 1. The lowest BCUT2D eigenvalue weighted by atomic mass is 10.1. The molecule has 0 aromatic heterocycles. The van der Waals surface area contributed by atoms with Gasteiger partial charge in [-0.05, 0) is 12.1 Å². The van der Waals surface area contributed by atoms with Gasteiger partial charge in [0.05, 0.1) is 10.5 Å². The smallest absolute Gasteiger partial charge is 0.335 e. The maximum atomic E-state index is 10.9. The van der Waals surface area contributed by atoms with Crippen LogP contribution in [0, 0.1) is 21.6 Å². The summed E-state index contributed by atoms with van der Waals surface area (Å²) in [5.41, 5.74) is 2.90. The number of benzene rings is 1. The van der Waals surface area contributed by atoms with E-state index in [2.05, 4.69) is 11.5 Å². The standard InChI is InChI=1S/C12H13NO4Si/c1-18(2,3)7-6-9-4-5-10(12(14)15)8-11(9)13(16)17/h4-5,8H,1-3H3,(H,14,15). The van der Waals surface area contributed by atoms with Crippen molar-refractivity contribution >= 4 is 19.7 Å². The summed E-state index contributed by atoms with van der Waals surface area (Å²) in [6.45, 7) is 6.08. The number of hydrogen-bond acceptors (Lipinski definition) is 3. The number of rotatable bonds is 2. The molecule has 94 valence electrons. The molecule has 0 radical (unpaired) electrons. The second-order valence-electron chi connectivity index (χ2n) is 4.79. The van der Waals surface area contributed by atoms with Crippen LogP contribution in [0.25, 0.3) is 0 Å². The summed E-state index contributed by atoms with van der Waals surface area (Å²) in [4.78, 5) is 21.0. The van der Waals surface area contributed by atoms with E-state index in [4.69, 9.17) is 5.11 Å². The monoisotopic (exact) mass is 263 g/mol. The molecule has 5 nitrogen and oxygen atoms in total. The summed E-state index contributed by atoms with van der Waals surface area (Å²) in [5.74, 6) is 1.59. The van der Waals surface area contributed by atoms with Crippen LogP contribution in [-0.2, 0) is 0 Å². The Hall–Kier alpha value is -2.13. The van der Waals surface area contributed by atoms with E-state index in [1.807, 2.05) is 19.6 Å². The number of hydrogen-bond donors (Lipinski definition) is 1. The highest BCUT2D eigenvalue weighted by Crippen LogP contribution is 2.19. The van der Waals surface area contributed by atoms with Gasteiger partial charge in [0.15, 0.2) is 0 Å². The third kappa shape index (κ3) is 3.71. The number of carboxylic acid groups (broad SMARTS) is 1. The number of nitro benzene ring substituents is 1. The molecule has 0 bridgehead atoms. The van der Waals surface area contributed by atoms with Gasteiger partial charge in [0.1, 0.15) is 13.6 Å². The van der Waals surface area contributed by atoms with Gasteiger partial charge in [0.2, 0.25) is 0 Å². The van der Waals surface area contributed by atoms with E-state index in [-0.39, 0.29) is 16.8 Å². The molecule has 1 aromatic carbocycles. The largest absolute Gasteiger partial charge is 0.478 e. The summed E-state index contributed by atoms with van der Waals surface area (Å²) in [6.07, 6.45) is 0. The molecule has 6 heteroatoms. The molecule has 0 saturated carbocycles. The average Bonchev–Trinajstić information content (AvgIpc) is 2.24. The van der Waals surface area contributed by atoms with Crippen molar-refractivity contribution in [2.75, 3.05) is 0 Å². The van der Waals surface area contributed by atoms with E-state index in [9.17, 15) is 14.9 Å². The average molecular weight is 263 g/mol. The van der Waals surface area contributed by atoms with Gasteiger partial charge < -0.3 is 5.11 Å². The van der Waals surface area contributed by atoms with Crippen molar-refractivity contribution in [3.8, 4) is 11.5 Å². The molecule has 0 atom stereocenters. The molecule has 0 aliphatic heterocycles. The molecule has 0 unspecified atom stereocenters. The van der Waals surface area contributed by atoms with Crippen LogP contribution in [0.5, 0.6) is 0 Å². The molecular weight excluding hydrogens is 250 g/mol. The number of carboxylic acids is 1. The molecule has 18 heavy (non-hydrogen) atoms. The SMILES string of the molecule is C[Si](C)(C)C#Cc1ccc(C(=O)O)cc1[N+](=O)[O-]. The van der Waals surface area contributed by atoms with Crippen LogP contribution < -0.4 is 0 Å². The van der Waals surface area contributed by atoms with Crippen LogP contribution in [0.15, 0.2) is 18.2 Å². The van der Waals surface area contributed by atoms with Crippen molar-refractivity contribution in [2.24, 2.45) is 0 Å². The van der Waals surface area contributed by atoms with Crippen molar-refractivity contribution in [3.05, 3.63) is 39.4 Å². The van der Waals surface area contributed by atoms with Crippen LogP contribution in [0.1, 0.15) is 15.9 Å². The molecule has 1 aromatic rings. The lowest BCUT2D eigenvalue weighted by molar-refractivity contribution is -0.385. The van der Waals surface area contributed by atoms with Crippen LogP contribution >= 0.6 is 0 Å². The minimum absolute atomic E-state index is 0.111. The van der Waals surface area contributed by atoms with E-state index < -0.39 is 19.0 Å². The minimum Gasteiger partial charge on any atom is -0.478 e. The third-order valence-corrected chi connectivity index (χ3v) is 2.89. The predicted molar refractivity (Wildman–Crippen MR) is 70.3 cm³/mol. The van der Waals surface area contributed by atoms with Crippen LogP contribution in [0.4, 0.5) is 5.69 Å². The topological polar surface area (TPSA) is 80.4 Å². The molecule has 0 fully saturated rings. The Morgan fingerprint density at radius 3 is 2.44 bits per heavy atom. The van der Waals surface area contributed by atoms with Crippen molar-refractivity contribution < 1.29 is 14.8 Å². The maximum Gasteiger partial charge on any atom is 0.335 e.